The van der Waals surface area contributed by atoms with Gasteiger partial charge >= 0.3 is 0 Å². The molecule has 5 nitrogen and oxygen atoms in total. The van der Waals surface area contributed by atoms with Gasteiger partial charge in [-0.25, -0.2) is 0 Å². The molecule has 2 amide bonds. The molecule has 2 atom stereocenters. The summed E-state index contributed by atoms with van der Waals surface area (Å²) in [6.45, 7) is 2.06. The highest BCUT2D eigenvalue weighted by atomic mass is 16.2. The van der Waals surface area contributed by atoms with Gasteiger partial charge in [-0.3, -0.25) is 14.5 Å². The van der Waals surface area contributed by atoms with E-state index in [1.54, 1.807) is 0 Å². The molecule has 3 rings (SSSR count). The van der Waals surface area contributed by atoms with Gasteiger partial charge in [-0.15, -0.1) is 0 Å². The van der Waals surface area contributed by atoms with Gasteiger partial charge < -0.3 is 10.6 Å². The summed E-state index contributed by atoms with van der Waals surface area (Å²) in [4.78, 5) is 27.0. The van der Waals surface area contributed by atoms with E-state index < -0.39 is 0 Å². The van der Waals surface area contributed by atoms with Gasteiger partial charge in [-0.2, -0.15) is 0 Å². The van der Waals surface area contributed by atoms with Crippen LogP contribution in [0, 0.1) is 0 Å². The third kappa shape index (κ3) is 3.36. The molecule has 2 fully saturated rings. The van der Waals surface area contributed by atoms with Crippen molar-refractivity contribution in [3.63, 3.8) is 0 Å². The summed E-state index contributed by atoms with van der Waals surface area (Å²) >= 11 is 0. The fourth-order valence-corrected chi connectivity index (χ4v) is 3.20. The first-order valence-corrected chi connectivity index (χ1v) is 8.11. The maximum absolute atomic E-state index is 12.8. The maximum atomic E-state index is 12.8. The number of imide groups is 1. The Hall–Kier alpha value is -1.72. The Morgan fingerprint density at radius 1 is 0.955 bits per heavy atom. The first kappa shape index (κ1) is 15.2. The molecule has 0 aromatic heterocycles. The molecule has 2 aliphatic heterocycles. The Bertz CT molecular complexity index is 492. The third-order valence-electron chi connectivity index (χ3n) is 4.43. The lowest BCUT2D eigenvalue weighted by atomic mass is 10.1. The predicted molar refractivity (Wildman–Crippen MR) is 84.0 cm³/mol. The molecule has 0 bridgehead atoms. The van der Waals surface area contributed by atoms with Crippen LogP contribution in [-0.2, 0) is 16.1 Å². The minimum absolute atomic E-state index is 0.0833. The van der Waals surface area contributed by atoms with E-state index in [1.165, 1.54) is 4.90 Å². The van der Waals surface area contributed by atoms with Crippen LogP contribution in [0.15, 0.2) is 30.3 Å². The summed E-state index contributed by atoms with van der Waals surface area (Å²) in [6, 6.07) is 9.29. The van der Waals surface area contributed by atoms with E-state index in [-0.39, 0.29) is 23.9 Å². The molecule has 2 saturated heterocycles. The Morgan fingerprint density at radius 3 is 1.95 bits per heavy atom. The van der Waals surface area contributed by atoms with Gasteiger partial charge in [0.15, 0.2) is 0 Å². The molecule has 118 valence electrons. The number of hydrogen-bond acceptors (Lipinski definition) is 4. The number of carbonyl (C=O) groups is 2. The van der Waals surface area contributed by atoms with E-state index >= 15 is 0 Å². The van der Waals surface area contributed by atoms with E-state index in [4.69, 9.17) is 0 Å². The quantitative estimate of drug-likeness (QED) is 0.816. The molecule has 2 N–H and O–H groups in total. The zero-order valence-corrected chi connectivity index (χ0v) is 12.8. The molecule has 1 aromatic carbocycles. The van der Waals surface area contributed by atoms with E-state index in [0.717, 1.165) is 44.3 Å². The van der Waals surface area contributed by atoms with Crippen molar-refractivity contribution in [2.24, 2.45) is 0 Å². The van der Waals surface area contributed by atoms with Gasteiger partial charge in [0, 0.05) is 0 Å². The lowest BCUT2D eigenvalue weighted by Crippen LogP contribution is -2.51. The molecule has 0 spiro atoms. The highest BCUT2D eigenvalue weighted by Gasteiger charge is 2.35. The monoisotopic (exact) mass is 301 g/mol. The summed E-state index contributed by atoms with van der Waals surface area (Å²) in [7, 11) is 0. The van der Waals surface area contributed by atoms with Crippen molar-refractivity contribution in [1.29, 1.82) is 0 Å². The van der Waals surface area contributed by atoms with Crippen LogP contribution in [0.1, 0.15) is 31.2 Å². The molecule has 2 aliphatic rings. The third-order valence-corrected chi connectivity index (χ3v) is 4.43. The fraction of sp³-hybridized carbons (Fsp3) is 0.529. The SMILES string of the molecule is O=C([C@@H]1CCCN1)N(Cc1ccccc1)C(=O)[C@@H]1CCCN1. The lowest BCUT2D eigenvalue weighted by molar-refractivity contribution is -0.147. The summed E-state index contributed by atoms with van der Waals surface area (Å²) in [5.74, 6) is -0.167. The van der Waals surface area contributed by atoms with Crippen molar-refractivity contribution in [1.82, 2.24) is 15.5 Å². The summed E-state index contributed by atoms with van der Waals surface area (Å²) in [6.07, 6.45) is 3.61. The van der Waals surface area contributed by atoms with Crippen molar-refractivity contribution < 1.29 is 9.59 Å². The van der Waals surface area contributed by atoms with E-state index in [0.29, 0.717) is 6.54 Å². The summed E-state index contributed by atoms with van der Waals surface area (Å²) < 4.78 is 0. The highest BCUT2D eigenvalue weighted by Crippen LogP contribution is 2.16. The first-order valence-electron chi connectivity index (χ1n) is 8.11. The number of hydrogen-bond donors (Lipinski definition) is 2. The number of carbonyl (C=O) groups excluding carboxylic acids is 2. The van der Waals surface area contributed by atoms with Crippen molar-refractivity contribution in [2.75, 3.05) is 13.1 Å². The Labute approximate surface area is 131 Å². The normalized spacial score (nSPS) is 24.4. The van der Waals surface area contributed by atoms with E-state index in [9.17, 15) is 9.59 Å². The van der Waals surface area contributed by atoms with Crippen molar-refractivity contribution in [3.05, 3.63) is 35.9 Å². The Balaban J connectivity index is 1.77. The average Bonchev–Trinajstić information content (AvgIpc) is 3.25. The predicted octanol–water partition coefficient (Wildman–Crippen LogP) is 1.05. The molecular formula is C17H23N3O2. The van der Waals surface area contributed by atoms with Crippen LogP contribution < -0.4 is 10.6 Å². The maximum Gasteiger partial charge on any atom is 0.246 e. The number of amides is 2. The average molecular weight is 301 g/mol. The van der Waals surface area contributed by atoms with Gasteiger partial charge in [0.05, 0.1) is 18.6 Å². The molecule has 2 heterocycles. The van der Waals surface area contributed by atoms with E-state index in [2.05, 4.69) is 10.6 Å². The van der Waals surface area contributed by atoms with Crippen LogP contribution in [0.2, 0.25) is 0 Å². The van der Waals surface area contributed by atoms with Crippen molar-refractivity contribution >= 4 is 11.8 Å². The summed E-state index contributed by atoms with van der Waals surface area (Å²) in [5, 5.41) is 6.41. The van der Waals surface area contributed by atoms with Gasteiger partial charge in [0.25, 0.3) is 0 Å². The number of nitrogens with zero attached hydrogens (tertiary/aromatic N) is 1. The van der Waals surface area contributed by atoms with Gasteiger partial charge in [0.2, 0.25) is 11.8 Å². The van der Waals surface area contributed by atoms with Crippen molar-refractivity contribution in [2.45, 2.75) is 44.3 Å². The zero-order chi connectivity index (χ0) is 15.4. The molecule has 0 aliphatic carbocycles. The minimum Gasteiger partial charge on any atom is -0.306 e. The van der Waals surface area contributed by atoms with Crippen molar-refractivity contribution in [3.8, 4) is 0 Å². The number of benzene rings is 1. The van der Waals surface area contributed by atoms with E-state index in [1.807, 2.05) is 30.3 Å². The van der Waals surface area contributed by atoms with Crippen LogP contribution in [0.4, 0.5) is 0 Å². The first-order chi connectivity index (χ1) is 10.8. The molecule has 0 saturated carbocycles. The molecule has 1 aromatic rings. The Morgan fingerprint density at radius 2 is 1.50 bits per heavy atom. The summed E-state index contributed by atoms with van der Waals surface area (Å²) in [5.41, 5.74) is 0.986. The fourth-order valence-electron chi connectivity index (χ4n) is 3.20. The van der Waals surface area contributed by atoms with Crippen LogP contribution in [0.3, 0.4) is 0 Å². The van der Waals surface area contributed by atoms with Crippen LogP contribution in [0.25, 0.3) is 0 Å². The van der Waals surface area contributed by atoms with Gasteiger partial charge in [-0.05, 0) is 44.3 Å². The largest absolute Gasteiger partial charge is 0.306 e. The standard InChI is InChI=1S/C17H23N3O2/c21-16(14-8-4-10-18-14)20(12-13-6-2-1-3-7-13)17(22)15-9-5-11-19-15/h1-3,6-7,14-15,18-19H,4-5,8-12H2/t14-,15-/m0/s1. The van der Waals surface area contributed by atoms with Crippen LogP contribution >= 0.6 is 0 Å². The van der Waals surface area contributed by atoms with Gasteiger partial charge in [0.1, 0.15) is 0 Å². The smallest absolute Gasteiger partial charge is 0.246 e. The second-order valence-electron chi connectivity index (χ2n) is 6.05. The molecule has 5 heteroatoms. The molecular weight excluding hydrogens is 278 g/mol. The molecule has 0 unspecified atom stereocenters. The topological polar surface area (TPSA) is 61.4 Å². The molecule has 22 heavy (non-hydrogen) atoms. The molecule has 0 radical (unpaired) electrons. The van der Waals surface area contributed by atoms with Crippen LogP contribution in [0.5, 0.6) is 0 Å². The second kappa shape index (κ2) is 7.03. The highest BCUT2D eigenvalue weighted by molar-refractivity contribution is 6.00. The number of nitrogens with one attached hydrogen (secondary N) is 2. The lowest BCUT2D eigenvalue weighted by Gasteiger charge is -2.26. The van der Waals surface area contributed by atoms with Crippen LogP contribution in [-0.4, -0.2) is 41.9 Å². The second-order valence-corrected chi connectivity index (χ2v) is 6.05. The Kier molecular flexibility index (Phi) is 4.85. The number of rotatable bonds is 4. The van der Waals surface area contributed by atoms with Gasteiger partial charge in [-0.1, -0.05) is 30.3 Å². The zero-order valence-electron chi connectivity index (χ0n) is 12.8. The minimum atomic E-state index is -0.214.